The van der Waals surface area contributed by atoms with Crippen LogP contribution in [0.1, 0.15) is 23.8 Å². The summed E-state index contributed by atoms with van der Waals surface area (Å²) in [5, 5.41) is 0. The highest BCUT2D eigenvalue weighted by molar-refractivity contribution is 7.89. The van der Waals surface area contributed by atoms with E-state index >= 15 is 0 Å². The molecule has 5 heteroatoms. The largest absolute Gasteiger partial charge is 0.468 e. The molecule has 2 rings (SSSR count). The van der Waals surface area contributed by atoms with Crippen LogP contribution in [0.25, 0.3) is 0 Å². The Morgan fingerprint density at radius 2 is 2.00 bits per heavy atom. The molecule has 0 amide bonds. The summed E-state index contributed by atoms with van der Waals surface area (Å²) in [4.78, 5) is 0.238. The Hall–Kier alpha value is -2.11. The number of furan rings is 1. The van der Waals surface area contributed by atoms with Gasteiger partial charge in [0.05, 0.1) is 17.2 Å². The molecule has 0 fully saturated rings. The van der Waals surface area contributed by atoms with Gasteiger partial charge in [-0.25, -0.2) is 13.1 Å². The minimum Gasteiger partial charge on any atom is -0.468 e. The van der Waals surface area contributed by atoms with Crippen LogP contribution in [0.3, 0.4) is 0 Å². The van der Waals surface area contributed by atoms with E-state index in [1.807, 2.05) is 13.0 Å². The van der Waals surface area contributed by atoms with Crippen LogP contribution in [-0.4, -0.2) is 8.42 Å². The number of sulfonamides is 1. The van der Waals surface area contributed by atoms with E-state index in [4.69, 9.17) is 4.42 Å². The van der Waals surface area contributed by atoms with Gasteiger partial charge in [0.2, 0.25) is 10.0 Å². The third kappa shape index (κ3) is 4.19. The van der Waals surface area contributed by atoms with Gasteiger partial charge < -0.3 is 4.42 Å². The Bertz CT molecular complexity index is 729. The molecule has 4 nitrogen and oxygen atoms in total. The standard InChI is InChI=1S/C17H19NO3S/c1-3-4-5-7-16(17-8-6-13-21-17)18-22(19,20)15-11-9-14(2)10-12-15/h3-6,8-13,16,18H,1,7H2,2H3/b5-4+. The second kappa shape index (κ2) is 7.24. The zero-order chi connectivity index (χ0) is 16.0. The molecule has 1 heterocycles. The number of hydrogen-bond donors (Lipinski definition) is 1. The second-order valence-electron chi connectivity index (χ2n) is 4.90. The Morgan fingerprint density at radius 3 is 2.59 bits per heavy atom. The van der Waals surface area contributed by atoms with E-state index in [9.17, 15) is 8.42 Å². The molecule has 1 N–H and O–H groups in total. The van der Waals surface area contributed by atoms with Crippen molar-refractivity contribution in [2.75, 3.05) is 0 Å². The highest BCUT2D eigenvalue weighted by atomic mass is 32.2. The molecule has 0 saturated carbocycles. The smallest absolute Gasteiger partial charge is 0.241 e. The molecule has 0 radical (unpaired) electrons. The van der Waals surface area contributed by atoms with Crippen LogP contribution in [0, 0.1) is 6.92 Å². The van der Waals surface area contributed by atoms with Crippen molar-refractivity contribution in [1.29, 1.82) is 0 Å². The third-order valence-corrected chi connectivity index (χ3v) is 4.65. The maximum Gasteiger partial charge on any atom is 0.241 e. The summed E-state index contributed by atoms with van der Waals surface area (Å²) in [6, 6.07) is 9.76. The van der Waals surface area contributed by atoms with E-state index < -0.39 is 16.1 Å². The van der Waals surface area contributed by atoms with Crippen molar-refractivity contribution in [2.24, 2.45) is 0 Å². The fourth-order valence-corrected chi connectivity index (χ4v) is 3.21. The van der Waals surface area contributed by atoms with Crippen LogP contribution in [-0.2, 0) is 10.0 Å². The minimum atomic E-state index is -3.61. The number of benzene rings is 1. The molecule has 0 aliphatic carbocycles. The van der Waals surface area contributed by atoms with Gasteiger partial charge in [-0.2, -0.15) is 0 Å². The number of nitrogens with one attached hydrogen (secondary N) is 1. The first-order valence-electron chi connectivity index (χ1n) is 6.93. The Kier molecular flexibility index (Phi) is 5.35. The van der Waals surface area contributed by atoms with Crippen molar-refractivity contribution in [1.82, 2.24) is 4.72 Å². The molecule has 116 valence electrons. The molecule has 2 aromatic rings. The molecule has 1 unspecified atom stereocenters. The van der Waals surface area contributed by atoms with E-state index in [0.717, 1.165) is 5.56 Å². The maximum atomic E-state index is 12.5. The van der Waals surface area contributed by atoms with Gasteiger partial charge >= 0.3 is 0 Å². The highest BCUT2D eigenvalue weighted by Crippen LogP contribution is 2.21. The van der Waals surface area contributed by atoms with E-state index in [1.54, 1.807) is 48.6 Å². The van der Waals surface area contributed by atoms with Crippen molar-refractivity contribution < 1.29 is 12.8 Å². The Labute approximate surface area is 131 Å². The normalized spacial score (nSPS) is 13.3. The number of allylic oxidation sites excluding steroid dienone is 2. The van der Waals surface area contributed by atoms with Crippen LogP contribution in [0.15, 0.2) is 76.8 Å². The fourth-order valence-electron chi connectivity index (χ4n) is 2.00. The molecule has 0 aliphatic heterocycles. The van der Waals surface area contributed by atoms with Crippen molar-refractivity contribution >= 4 is 10.0 Å². The summed E-state index contributed by atoms with van der Waals surface area (Å²) in [6.45, 7) is 5.51. The van der Waals surface area contributed by atoms with Crippen LogP contribution in [0.4, 0.5) is 0 Å². The average Bonchev–Trinajstić information content (AvgIpc) is 3.01. The van der Waals surface area contributed by atoms with Crippen LogP contribution < -0.4 is 4.72 Å². The van der Waals surface area contributed by atoms with E-state index in [0.29, 0.717) is 12.2 Å². The van der Waals surface area contributed by atoms with Crippen molar-refractivity contribution in [2.45, 2.75) is 24.3 Å². The topological polar surface area (TPSA) is 59.3 Å². The van der Waals surface area contributed by atoms with E-state index in [2.05, 4.69) is 11.3 Å². The molecular weight excluding hydrogens is 298 g/mol. The van der Waals surface area contributed by atoms with Crippen molar-refractivity contribution in [3.63, 3.8) is 0 Å². The lowest BCUT2D eigenvalue weighted by Gasteiger charge is -2.15. The van der Waals surface area contributed by atoms with Gasteiger partial charge in [0, 0.05) is 0 Å². The van der Waals surface area contributed by atoms with Gasteiger partial charge in [-0.05, 0) is 37.6 Å². The molecule has 0 aliphatic rings. The average molecular weight is 317 g/mol. The van der Waals surface area contributed by atoms with Crippen LogP contribution in [0.5, 0.6) is 0 Å². The molecular formula is C17H19NO3S. The predicted molar refractivity (Wildman–Crippen MR) is 86.9 cm³/mol. The van der Waals surface area contributed by atoms with Crippen LogP contribution in [0.2, 0.25) is 0 Å². The Morgan fingerprint density at radius 1 is 1.27 bits per heavy atom. The third-order valence-electron chi connectivity index (χ3n) is 3.16. The van der Waals surface area contributed by atoms with Gasteiger partial charge in [-0.15, -0.1) is 0 Å². The number of aryl methyl sites for hydroxylation is 1. The Balaban J connectivity index is 2.23. The maximum absolute atomic E-state index is 12.5. The number of hydrogen-bond acceptors (Lipinski definition) is 3. The first-order chi connectivity index (χ1) is 10.5. The highest BCUT2D eigenvalue weighted by Gasteiger charge is 2.22. The molecule has 1 aromatic heterocycles. The summed E-state index contributed by atoms with van der Waals surface area (Å²) in [5.74, 6) is 0.574. The SMILES string of the molecule is C=C/C=C/CC(NS(=O)(=O)c1ccc(C)cc1)c1ccco1. The first-order valence-corrected chi connectivity index (χ1v) is 8.41. The fraction of sp³-hybridized carbons (Fsp3) is 0.176. The van der Waals surface area contributed by atoms with Crippen molar-refractivity contribution in [3.05, 3.63) is 78.8 Å². The summed E-state index contributed by atoms with van der Waals surface area (Å²) >= 11 is 0. The molecule has 0 bridgehead atoms. The lowest BCUT2D eigenvalue weighted by atomic mass is 10.1. The summed E-state index contributed by atoms with van der Waals surface area (Å²) in [5.41, 5.74) is 1.01. The number of rotatable bonds is 7. The van der Waals surface area contributed by atoms with E-state index in [-0.39, 0.29) is 4.90 Å². The molecule has 1 atom stereocenters. The minimum absolute atomic E-state index is 0.238. The van der Waals surface area contributed by atoms with Gasteiger partial charge in [0.25, 0.3) is 0 Å². The van der Waals surface area contributed by atoms with Gasteiger partial charge in [-0.3, -0.25) is 0 Å². The second-order valence-corrected chi connectivity index (χ2v) is 6.62. The molecule has 0 spiro atoms. The van der Waals surface area contributed by atoms with Crippen molar-refractivity contribution in [3.8, 4) is 0 Å². The lowest BCUT2D eigenvalue weighted by Crippen LogP contribution is -2.28. The van der Waals surface area contributed by atoms with E-state index in [1.165, 1.54) is 6.26 Å². The van der Waals surface area contributed by atoms with Gasteiger partial charge in [0.15, 0.2) is 0 Å². The quantitative estimate of drug-likeness (QED) is 0.791. The zero-order valence-electron chi connectivity index (χ0n) is 12.4. The molecule has 22 heavy (non-hydrogen) atoms. The zero-order valence-corrected chi connectivity index (χ0v) is 13.2. The van der Waals surface area contributed by atoms with Gasteiger partial charge in [-0.1, -0.05) is 42.5 Å². The van der Waals surface area contributed by atoms with Crippen LogP contribution >= 0.6 is 0 Å². The summed E-state index contributed by atoms with van der Waals surface area (Å²) < 4.78 is 33.0. The summed E-state index contributed by atoms with van der Waals surface area (Å²) in [6.07, 6.45) is 7.27. The summed E-state index contributed by atoms with van der Waals surface area (Å²) in [7, 11) is -3.61. The van der Waals surface area contributed by atoms with Gasteiger partial charge in [0.1, 0.15) is 5.76 Å². The lowest BCUT2D eigenvalue weighted by molar-refractivity contribution is 0.445. The first kappa shape index (κ1) is 16.3. The monoisotopic (exact) mass is 317 g/mol. The molecule has 1 aromatic carbocycles. The predicted octanol–water partition coefficient (Wildman–Crippen LogP) is 3.74. The molecule has 0 saturated heterocycles.